The van der Waals surface area contributed by atoms with E-state index in [0.29, 0.717) is 0 Å². The first-order valence-corrected chi connectivity index (χ1v) is 7.43. The number of ether oxygens (including phenoxy) is 2. The highest BCUT2D eigenvalue weighted by atomic mass is 32.1. The monoisotopic (exact) mass is 299 g/mol. The molecule has 0 aliphatic heterocycles. The molecule has 0 saturated carbocycles. The lowest BCUT2D eigenvalue weighted by atomic mass is 10.1. The highest BCUT2D eigenvalue weighted by Gasteiger charge is 2.10. The molecule has 0 amide bonds. The van der Waals surface area contributed by atoms with E-state index in [9.17, 15) is 4.79 Å². The summed E-state index contributed by atoms with van der Waals surface area (Å²) in [5.41, 5.74) is 1.77. The van der Waals surface area contributed by atoms with Crippen LogP contribution in [0.15, 0.2) is 47.8 Å². The fraction of sp³-hybridized carbons (Fsp3) is 0.125. The summed E-state index contributed by atoms with van der Waals surface area (Å²) in [7, 11) is 0. The molecule has 0 radical (unpaired) electrons. The van der Waals surface area contributed by atoms with Crippen molar-refractivity contribution >= 4 is 28.3 Å². The summed E-state index contributed by atoms with van der Waals surface area (Å²) in [6.45, 7) is 2.01. The van der Waals surface area contributed by atoms with Gasteiger partial charge in [-0.15, -0.1) is 0 Å². The number of benzene rings is 2. The predicted octanol–water partition coefficient (Wildman–Crippen LogP) is 4.50. The van der Waals surface area contributed by atoms with E-state index in [4.69, 9.17) is 9.47 Å². The summed E-state index contributed by atoms with van der Waals surface area (Å²) in [4.78, 5) is 15.6. The van der Waals surface area contributed by atoms with Gasteiger partial charge in [-0.3, -0.25) is 0 Å². The van der Waals surface area contributed by atoms with Gasteiger partial charge in [-0.05, 0) is 23.8 Å². The summed E-state index contributed by atoms with van der Waals surface area (Å²) in [5.74, 6) is 0. The number of carbonyl (C=O) groups is 1. The van der Waals surface area contributed by atoms with E-state index < -0.39 is 6.16 Å². The van der Waals surface area contributed by atoms with Crippen molar-refractivity contribution in [2.45, 2.75) is 6.92 Å². The Morgan fingerprint density at radius 2 is 2.00 bits per heavy atom. The molecule has 0 aliphatic rings. The minimum Gasteiger partial charge on any atom is -0.434 e. The molecule has 2 aromatic carbocycles. The first kappa shape index (κ1) is 13.6. The largest absolute Gasteiger partial charge is 0.515 e. The molecule has 0 fully saturated rings. The number of carbonyl (C=O) groups excluding carboxylic acids is 1. The number of rotatable bonds is 3. The van der Waals surface area contributed by atoms with Gasteiger partial charge in [-0.2, -0.15) is 0 Å². The zero-order valence-electron chi connectivity index (χ0n) is 11.4. The molecule has 0 spiro atoms. The fourth-order valence-corrected chi connectivity index (χ4v) is 2.67. The van der Waals surface area contributed by atoms with Crippen LogP contribution in [-0.4, -0.2) is 17.7 Å². The average Bonchev–Trinajstić information content (AvgIpc) is 2.95. The third kappa shape index (κ3) is 3.03. The number of nitrogens with zero attached hydrogens (tertiary/aromatic N) is 1. The van der Waals surface area contributed by atoms with Gasteiger partial charge in [0.2, 0.25) is 0 Å². The number of thiazole rings is 1. The normalized spacial score (nSPS) is 10.5. The number of hydrogen-bond acceptors (Lipinski definition) is 5. The summed E-state index contributed by atoms with van der Waals surface area (Å²) < 4.78 is 9.71. The van der Waals surface area contributed by atoms with E-state index in [1.54, 1.807) is 6.92 Å². The molecule has 21 heavy (non-hydrogen) atoms. The van der Waals surface area contributed by atoms with Crippen LogP contribution in [0.4, 0.5) is 4.79 Å². The van der Waals surface area contributed by atoms with Crippen molar-refractivity contribution in [3.05, 3.63) is 47.8 Å². The van der Waals surface area contributed by atoms with E-state index >= 15 is 0 Å². The van der Waals surface area contributed by atoms with Gasteiger partial charge in [0.15, 0.2) is 0 Å². The Labute approximate surface area is 126 Å². The SMILES string of the molecule is CCOC(=O)Oc1nc(-c2ccc3ccccc3c2)cs1. The van der Waals surface area contributed by atoms with Crippen molar-refractivity contribution in [3.8, 4) is 16.5 Å². The van der Waals surface area contributed by atoms with Crippen LogP contribution in [0.1, 0.15) is 6.92 Å². The van der Waals surface area contributed by atoms with Gasteiger partial charge in [0.1, 0.15) is 0 Å². The third-order valence-electron chi connectivity index (χ3n) is 2.96. The lowest BCUT2D eigenvalue weighted by Crippen LogP contribution is -2.09. The van der Waals surface area contributed by atoms with Crippen LogP contribution in [0.25, 0.3) is 22.0 Å². The molecule has 0 N–H and O–H groups in total. The van der Waals surface area contributed by atoms with Crippen LogP contribution in [-0.2, 0) is 4.74 Å². The predicted molar refractivity (Wildman–Crippen MR) is 82.7 cm³/mol. The average molecular weight is 299 g/mol. The van der Waals surface area contributed by atoms with Gasteiger partial charge >= 0.3 is 6.16 Å². The molecule has 3 rings (SSSR count). The Morgan fingerprint density at radius 3 is 2.81 bits per heavy atom. The summed E-state index contributed by atoms with van der Waals surface area (Å²) in [5, 5.41) is 4.48. The zero-order chi connectivity index (χ0) is 14.7. The molecule has 4 nitrogen and oxygen atoms in total. The molecular weight excluding hydrogens is 286 g/mol. The highest BCUT2D eigenvalue weighted by Crippen LogP contribution is 2.28. The van der Waals surface area contributed by atoms with E-state index in [-0.39, 0.29) is 11.8 Å². The summed E-state index contributed by atoms with van der Waals surface area (Å²) >= 11 is 1.27. The Morgan fingerprint density at radius 1 is 1.19 bits per heavy atom. The highest BCUT2D eigenvalue weighted by molar-refractivity contribution is 7.11. The molecule has 0 aliphatic carbocycles. The topological polar surface area (TPSA) is 48.4 Å². The maximum absolute atomic E-state index is 11.3. The molecule has 0 atom stereocenters. The van der Waals surface area contributed by atoms with Gasteiger partial charge in [-0.25, -0.2) is 9.78 Å². The van der Waals surface area contributed by atoms with Crippen molar-refractivity contribution in [1.82, 2.24) is 4.98 Å². The van der Waals surface area contributed by atoms with Gasteiger partial charge in [0.25, 0.3) is 5.19 Å². The van der Waals surface area contributed by atoms with Crippen molar-refractivity contribution in [2.75, 3.05) is 6.61 Å². The van der Waals surface area contributed by atoms with Crippen LogP contribution in [0, 0.1) is 0 Å². The molecule has 0 unspecified atom stereocenters. The summed E-state index contributed by atoms with van der Waals surface area (Å²) in [6.07, 6.45) is -0.725. The van der Waals surface area contributed by atoms with Gasteiger partial charge < -0.3 is 9.47 Å². The Bertz CT molecular complexity index is 782. The molecule has 3 aromatic rings. The first-order valence-electron chi connectivity index (χ1n) is 6.55. The Hall–Kier alpha value is -2.40. The second kappa shape index (κ2) is 5.93. The first-order chi connectivity index (χ1) is 10.3. The minimum absolute atomic E-state index is 0.280. The smallest absolute Gasteiger partial charge is 0.434 e. The van der Waals surface area contributed by atoms with Crippen molar-refractivity contribution in [1.29, 1.82) is 0 Å². The maximum Gasteiger partial charge on any atom is 0.515 e. The van der Waals surface area contributed by atoms with Crippen molar-refractivity contribution < 1.29 is 14.3 Å². The minimum atomic E-state index is -0.725. The molecule has 0 saturated heterocycles. The molecule has 5 heteroatoms. The van der Waals surface area contributed by atoms with E-state index in [1.165, 1.54) is 16.7 Å². The molecule has 1 aromatic heterocycles. The van der Waals surface area contributed by atoms with Crippen molar-refractivity contribution in [3.63, 3.8) is 0 Å². The molecular formula is C16H13NO3S. The van der Waals surface area contributed by atoms with E-state index in [1.807, 2.05) is 23.6 Å². The number of fused-ring (bicyclic) bond motifs is 1. The second-order valence-corrected chi connectivity index (χ2v) is 5.17. The number of hydrogen-bond donors (Lipinski definition) is 0. The van der Waals surface area contributed by atoms with Gasteiger partial charge in [0.05, 0.1) is 12.3 Å². The fourth-order valence-electron chi connectivity index (χ4n) is 2.00. The quantitative estimate of drug-likeness (QED) is 0.668. The second-order valence-electron chi connectivity index (χ2n) is 4.35. The van der Waals surface area contributed by atoms with E-state index in [2.05, 4.69) is 29.2 Å². The van der Waals surface area contributed by atoms with Crippen LogP contribution >= 0.6 is 11.3 Å². The maximum atomic E-state index is 11.3. The lowest BCUT2D eigenvalue weighted by Gasteiger charge is -2.01. The number of aromatic nitrogens is 1. The van der Waals surface area contributed by atoms with Crippen LogP contribution in [0.3, 0.4) is 0 Å². The molecule has 1 heterocycles. The molecule has 0 bridgehead atoms. The standard InChI is InChI=1S/C16H13NO3S/c1-2-19-16(18)20-15-17-14(10-21-15)13-8-7-11-5-3-4-6-12(11)9-13/h3-10H,2H2,1H3. The van der Waals surface area contributed by atoms with Crippen molar-refractivity contribution in [2.24, 2.45) is 0 Å². The molecule has 106 valence electrons. The van der Waals surface area contributed by atoms with Gasteiger partial charge in [0, 0.05) is 10.9 Å². The zero-order valence-corrected chi connectivity index (χ0v) is 12.2. The lowest BCUT2D eigenvalue weighted by molar-refractivity contribution is 0.104. The summed E-state index contributed by atoms with van der Waals surface area (Å²) in [6, 6.07) is 14.3. The third-order valence-corrected chi connectivity index (χ3v) is 3.68. The Balaban J connectivity index is 1.85. The van der Waals surface area contributed by atoms with Crippen LogP contribution in [0.2, 0.25) is 0 Å². The van der Waals surface area contributed by atoms with E-state index in [0.717, 1.165) is 16.6 Å². The van der Waals surface area contributed by atoms with Crippen LogP contribution in [0.5, 0.6) is 5.19 Å². The van der Waals surface area contributed by atoms with Gasteiger partial charge in [-0.1, -0.05) is 47.7 Å². The van der Waals surface area contributed by atoms with Crippen LogP contribution < -0.4 is 4.74 Å². The Kier molecular flexibility index (Phi) is 3.83.